The molecule has 1 atom stereocenters. The second-order valence-corrected chi connectivity index (χ2v) is 3.90. The Morgan fingerprint density at radius 2 is 2.24 bits per heavy atom. The van der Waals surface area contributed by atoms with Gasteiger partial charge < -0.3 is 10.2 Å². The van der Waals surface area contributed by atoms with Gasteiger partial charge in [0.05, 0.1) is 6.04 Å². The maximum Gasteiger partial charge on any atom is 0.198 e. The number of carbonyl (C=O) groups excluding carboxylic acids is 1. The van der Waals surface area contributed by atoms with Crippen molar-refractivity contribution in [2.45, 2.75) is 19.4 Å². The van der Waals surface area contributed by atoms with E-state index in [2.05, 4.69) is 4.98 Å². The van der Waals surface area contributed by atoms with E-state index >= 15 is 0 Å². The van der Waals surface area contributed by atoms with E-state index in [1.807, 2.05) is 19.1 Å². The molecule has 0 aliphatic carbocycles. The SMILES string of the molecule is Cc1ccc(CC(N)C(=O)c2ccccn2)o1. The van der Waals surface area contributed by atoms with Crippen LogP contribution < -0.4 is 5.73 Å². The van der Waals surface area contributed by atoms with Gasteiger partial charge in [-0.2, -0.15) is 0 Å². The number of nitrogens with zero attached hydrogens (tertiary/aromatic N) is 1. The minimum atomic E-state index is -0.615. The van der Waals surface area contributed by atoms with Crippen molar-refractivity contribution >= 4 is 5.78 Å². The molecule has 0 saturated heterocycles. The Bertz CT molecular complexity index is 505. The number of nitrogens with two attached hydrogens (primary N) is 1. The second-order valence-electron chi connectivity index (χ2n) is 3.90. The van der Waals surface area contributed by atoms with Crippen molar-refractivity contribution in [1.82, 2.24) is 4.98 Å². The van der Waals surface area contributed by atoms with Gasteiger partial charge in [-0.1, -0.05) is 6.07 Å². The van der Waals surface area contributed by atoms with Crippen molar-refractivity contribution in [2.75, 3.05) is 0 Å². The highest BCUT2D eigenvalue weighted by molar-refractivity contribution is 5.98. The van der Waals surface area contributed by atoms with Crippen LogP contribution in [0, 0.1) is 6.92 Å². The van der Waals surface area contributed by atoms with Gasteiger partial charge in [0.2, 0.25) is 0 Å². The van der Waals surface area contributed by atoms with Crippen molar-refractivity contribution < 1.29 is 9.21 Å². The molecule has 0 aliphatic rings. The first-order valence-corrected chi connectivity index (χ1v) is 5.43. The molecule has 0 radical (unpaired) electrons. The minimum Gasteiger partial charge on any atom is -0.466 e. The fourth-order valence-corrected chi connectivity index (χ4v) is 1.60. The molecule has 2 aromatic rings. The maximum atomic E-state index is 11.9. The van der Waals surface area contributed by atoms with E-state index in [0.717, 1.165) is 11.5 Å². The molecule has 17 heavy (non-hydrogen) atoms. The van der Waals surface area contributed by atoms with Gasteiger partial charge in [0.25, 0.3) is 0 Å². The number of hydrogen-bond donors (Lipinski definition) is 1. The fourth-order valence-electron chi connectivity index (χ4n) is 1.60. The standard InChI is InChI=1S/C13H14N2O2/c1-9-5-6-10(17-9)8-11(14)13(16)12-4-2-3-7-15-12/h2-7,11H,8,14H2,1H3. The van der Waals surface area contributed by atoms with E-state index < -0.39 is 6.04 Å². The highest BCUT2D eigenvalue weighted by atomic mass is 16.3. The number of carbonyl (C=O) groups is 1. The molecule has 0 fully saturated rings. The van der Waals surface area contributed by atoms with Crippen molar-refractivity contribution in [3.8, 4) is 0 Å². The Kier molecular flexibility index (Phi) is 3.35. The van der Waals surface area contributed by atoms with Crippen LogP contribution in [0.4, 0.5) is 0 Å². The van der Waals surface area contributed by atoms with Crippen LogP contribution in [0.25, 0.3) is 0 Å². The number of Topliss-reactive ketones (excluding diaryl/α,β-unsaturated/α-hetero) is 1. The number of aryl methyl sites for hydroxylation is 1. The van der Waals surface area contributed by atoms with Crippen molar-refractivity contribution in [3.05, 3.63) is 53.7 Å². The number of hydrogen-bond acceptors (Lipinski definition) is 4. The van der Waals surface area contributed by atoms with Crippen molar-refractivity contribution in [3.63, 3.8) is 0 Å². The quantitative estimate of drug-likeness (QED) is 0.812. The largest absolute Gasteiger partial charge is 0.466 e. The van der Waals surface area contributed by atoms with E-state index in [9.17, 15) is 4.79 Å². The topological polar surface area (TPSA) is 69.1 Å². The lowest BCUT2D eigenvalue weighted by molar-refractivity contribution is 0.0953. The van der Waals surface area contributed by atoms with E-state index in [1.165, 1.54) is 0 Å². The summed E-state index contributed by atoms with van der Waals surface area (Å²) in [5.74, 6) is 1.37. The lowest BCUT2D eigenvalue weighted by Gasteiger charge is -2.07. The van der Waals surface area contributed by atoms with E-state index in [1.54, 1.807) is 24.4 Å². The van der Waals surface area contributed by atoms with Crippen LogP contribution in [0.2, 0.25) is 0 Å². The fraction of sp³-hybridized carbons (Fsp3) is 0.231. The molecule has 4 heteroatoms. The Labute approximate surface area is 99.5 Å². The van der Waals surface area contributed by atoms with Crippen LogP contribution in [0.15, 0.2) is 40.9 Å². The van der Waals surface area contributed by atoms with Gasteiger partial charge in [-0.25, -0.2) is 0 Å². The summed E-state index contributed by atoms with van der Waals surface area (Å²) in [5.41, 5.74) is 6.23. The molecule has 1 unspecified atom stereocenters. The Hall–Kier alpha value is -1.94. The van der Waals surface area contributed by atoms with Gasteiger partial charge in [-0.15, -0.1) is 0 Å². The van der Waals surface area contributed by atoms with Crippen LogP contribution in [-0.2, 0) is 6.42 Å². The van der Waals surface area contributed by atoms with Crippen LogP contribution in [0.5, 0.6) is 0 Å². The summed E-state index contributed by atoms with van der Waals surface area (Å²) < 4.78 is 5.39. The van der Waals surface area contributed by atoms with Crippen LogP contribution in [0.1, 0.15) is 22.0 Å². The van der Waals surface area contributed by atoms with E-state index in [4.69, 9.17) is 10.2 Å². The smallest absolute Gasteiger partial charge is 0.198 e. The first kappa shape index (κ1) is 11.5. The number of rotatable bonds is 4. The molecule has 2 N–H and O–H groups in total. The van der Waals surface area contributed by atoms with Crippen molar-refractivity contribution in [1.29, 1.82) is 0 Å². The molecule has 88 valence electrons. The van der Waals surface area contributed by atoms with Gasteiger partial charge in [-0.3, -0.25) is 9.78 Å². The molecule has 0 spiro atoms. The highest BCUT2D eigenvalue weighted by Gasteiger charge is 2.18. The summed E-state index contributed by atoms with van der Waals surface area (Å²) >= 11 is 0. The zero-order chi connectivity index (χ0) is 12.3. The van der Waals surface area contributed by atoms with E-state index in [-0.39, 0.29) is 5.78 Å². The van der Waals surface area contributed by atoms with Gasteiger partial charge in [-0.05, 0) is 31.2 Å². The molecule has 0 aromatic carbocycles. The average molecular weight is 230 g/mol. The van der Waals surface area contributed by atoms with Gasteiger partial charge in [0.1, 0.15) is 17.2 Å². The monoisotopic (exact) mass is 230 g/mol. The number of pyridine rings is 1. The first-order chi connectivity index (χ1) is 8.16. The van der Waals surface area contributed by atoms with E-state index in [0.29, 0.717) is 12.1 Å². The molecule has 2 aromatic heterocycles. The normalized spacial score (nSPS) is 12.4. The summed E-state index contributed by atoms with van der Waals surface area (Å²) in [6, 6.07) is 8.27. The van der Waals surface area contributed by atoms with Gasteiger partial charge in [0.15, 0.2) is 5.78 Å². The maximum absolute atomic E-state index is 11.9. The third-order valence-electron chi connectivity index (χ3n) is 2.47. The molecule has 4 nitrogen and oxygen atoms in total. The Balaban J connectivity index is 2.06. The summed E-state index contributed by atoms with van der Waals surface area (Å²) in [7, 11) is 0. The zero-order valence-electron chi connectivity index (χ0n) is 9.59. The predicted molar refractivity (Wildman–Crippen MR) is 63.7 cm³/mol. The lowest BCUT2D eigenvalue weighted by atomic mass is 10.1. The van der Waals surface area contributed by atoms with Crippen LogP contribution in [-0.4, -0.2) is 16.8 Å². The second kappa shape index (κ2) is 4.93. The summed E-state index contributed by atoms with van der Waals surface area (Å²) in [6.07, 6.45) is 1.97. The molecule has 0 aliphatic heterocycles. The molecule has 2 rings (SSSR count). The van der Waals surface area contributed by atoms with Gasteiger partial charge >= 0.3 is 0 Å². The third-order valence-corrected chi connectivity index (χ3v) is 2.47. The Morgan fingerprint density at radius 3 is 2.82 bits per heavy atom. The summed E-state index contributed by atoms with van der Waals surface area (Å²) in [4.78, 5) is 15.9. The van der Waals surface area contributed by atoms with Crippen LogP contribution in [0.3, 0.4) is 0 Å². The Morgan fingerprint density at radius 1 is 1.41 bits per heavy atom. The molecule has 0 saturated carbocycles. The molecule has 2 heterocycles. The summed E-state index contributed by atoms with van der Waals surface area (Å²) in [6.45, 7) is 1.86. The predicted octanol–water partition coefficient (Wildman–Crippen LogP) is 1.74. The van der Waals surface area contributed by atoms with Crippen LogP contribution >= 0.6 is 0 Å². The average Bonchev–Trinajstić information content (AvgIpc) is 2.75. The number of ketones is 1. The minimum absolute atomic E-state index is 0.167. The summed E-state index contributed by atoms with van der Waals surface area (Å²) in [5, 5.41) is 0. The van der Waals surface area contributed by atoms with Crippen molar-refractivity contribution in [2.24, 2.45) is 5.73 Å². The molecular weight excluding hydrogens is 216 g/mol. The highest BCUT2D eigenvalue weighted by Crippen LogP contribution is 2.10. The molecule has 0 amide bonds. The molecular formula is C13H14N2O2. The first-order valence-electron chi connectivity index (χ1n) is 5.43. The zero-order valence-corrected chi connectivity index (χ0v) is 9.59. The number of aromatic nitrogens is 1. The third kappa shape index (κ3) is 2.79. The molecule has 0 bridgehead atoms. The lowest BCUT2D eigenvalue weighted by Crippen LogP contribution is -2.33. The number of furan rings is 1. The van der Waals surface area contributed by atoms with Gasteiger partial charge in [0, 0.05) is 12.6 Å².